The van der Waals surface area contributed by atoms with Crippen molar-refractivity contribution >= 4 is 40.6 Å². The van der Waals surface area contributed by atoms with Crippen LogP contribution < -0.4 is 20.9 Å². The molecule has 14 heteroatoms. The van der Waals surface area contributed by atoms with Crippen molar-refractivity contribution in [3.63, 3.8) is 0 Å². The van der Waals surface area contributed by atoms with Gasteiger partial charge in [-0.1, -0.05) is 20.8 Å². The molecule has 234 valence electrons. The first kappa shape index (κ1) is 29.8. The number of fused-ring (bicyclic) bond motifs is 7. The smallest absolute Gasteiger partial charge is 0.355 e. The number of carbonyl (C=O) groups is 5. The lowest BCUT2D eigenvalue weighted by molar-refractivity contribution is -0.189. The van der Waals surface area contributed by atoms with E-state index in [1.54, 1.807) is 25.1 Å². The second kappa shape index (κ2) is 11.0. The van der Waals surface area contributed by atoms with Crippen LogP contribution in [0.5, 0.6) is 5.75 Å². The second-order valence-electron chi connectivity index (χ2n) is 11.5. The molecule has 0 saturated heterocycles. The van der Waals surface area contributed by atoms with Gasteiger partial charge in [0, 0.05) is 28.9 Å². The zero-order valence-electron chi connectivity index (χ0n) is 24.7. The Kier molecular flexibility index (Phi) is 7.29. The van der Waals surface area contributed by atoms with E-state index in [0.717, 1.165) is 0 Å². The van der Waals surface area contributed by atoms with E-state index in [-0.39, 0.29) is 48.9 Å². The molecule has 6 rings (SSSR count). The number of hydrogen-bond acceptors (Lipinski definition) is 10. The lowest BCUT2D eigenvalue weighted by Crippen LogP contribution is -2.48. The van der Waals surface area contributed by atoms with Gasteiger partial charge in [0.15, 0.2) is 6.23 Å². The van der Waals surface area contributed by atoms with Crippen molar-refractivity contribution in [2.45, 2.75) is 65.0 Å². The van der Waals surface area contributed by atoms with Crippen molar-refractivity contribution in [2.75, 3.05) is 6.54 Å². The fourth-order valence-corrected chi connectivity index (χ4v) is 5.90. The van der Waals surface area contributed by atoms with Crippen LogP contribution in [0.4, 0.5) is 0 Å². The maximum absolute atomic E-state index is 13.8. The lowest BCUT2D eigenvalue weighted by Gasteiger charge is -2.35. The van der Waals surface area contributed by atoms with Crippen LogP contribution in [0.25, 0.3) is 22.3 Å². The number of nitrogens with one attached hydrogen (secondary N) is 2. The van der Waals surface area contributed by atoms with Crippen LogP contribution in [0, 0.1) is 5.92 Å². The number of carbonyl (C=O) groups excluding carboxylic acids is 4. The molecule has 3 aliphatic heterocycles. The van der Waals surface area contributed by atoms with Gasteiger partial charge in [0.1, 0.15) is 18.9 Å². The Bertz CT molecular complexity index is 1880. The first-order chi connectivity index (χ1) is 21.4. The van der Waals surface area contributed by atoms with E-state index < -0.39 is 54.2 Å². The number of ether oxygens (including phenoxy) is 3. The maximum atomic E-state index is 13.8. The molecule has 0 fully saturated rings. The van der Waals surface area contributed by atoms with Crippen LogP contribution >= 0.6 is 0 Å². The number of hydrogen-bond donors (Lipinski definition) is 3. The van der Waals surface area contributed by atoms with E-state index in [0.29, 0.717) is 39.2 Å². The Morgan fingerprint density at radius 2 is 1.98 bits per heavy atom. The topological polar surface area (TPSA) is 192 Å². The van der Waals surface area contributed by atoms with Crippen molar-refractivity contribution in [2.24, 2.45) is 5.92 Å². The maximum Gasteiger partial charge on any atom is 0.355 e. The molecule has 0 spiro atoms. The number of pyridine rings is 2. The number of cyclic esters (lactones) is 1. The molecule has 14 nitrogen and oxygen atoms in total. The summed E-state index contributed by atoms with van der Waals surface area (Å²) in [5.41, 5.74) is 0.288. The molecule has 3 aromatic rings. The Hall–Kier alpha value is -5.27. The average molecular weight is 619 g/mol. The summed E-state index contributed by atoms with van der Waals surface area (Å²) >= 11 is 0. The number of aromatic nitrogens is 2. The van der Waals surface area contributed by atoms with E-state index in [4.69, 9.17) is 24.3 Å². The van der Waals surface area contributed by atoms with Crippen LogP contribution in [0.2, 0.25) is 0 Å². The zero-order valence-corrected chi connectivity index (χ0v) is 24.7. The number of esters is 2. The first-order valence-electron chi connectivity index (χ1n) is 14.5. The van der Waals surface area contributed by atoms with Crippen LogP contribution in [0.1, 0.15) is 67.1 Å². The van der Waals surface area contributed by atoms with Gasteiger partial charge in [-0.15, -0.1) is 0 Å². The Balaban J connectivity index is 1.37. The molecular weight excluding hydrogens is 588 g/mol. The minimum absolute atomic E-state index is 0.0521. The van der Waals surface area contributed by atoms with Crippen molar-refractivity contribution in [3.05, 3.63) is 56.9 Å². The van der Waals surface area contributed by atoms with E-state index in [1.165, 1.54) is 4.57 Å². The highest BCUT2D eigenvalue weighted by molar-refractivity contribution is 6.10. The summed E-state index contributed by atoms with van der Waals surface area (Å²) in [7, 11) is 0. The number of nitrogens with zero attached hydrogens (tertiary/aromatic N) is 2. The number of rotatable bonds is 8. The van der Waals surface area contributed by atoms with Gasteiger partial charge in [0.05, 0.1) is 41.0 Å². The molecule has 0 radical (unpaired) electrons. The first-order valence-corrected chi connectivity index (χ1v) is 14.5. The van der Waals surface area contributed by atoms with Gasteiger partial charge in [-0.3, -0.25) is 24.0 Å². The number of carboxylic acids is 1. The van der Waals surface area contributed by atoms with Crippen molar-refractivity contribution in [1.82, 2.24) is 20.2 Å². The molecule has 2 aromatic heterocycles. The Morgan fingerprint density at radius 3 is 2.69 bits per heavy atom. The highest BCUT2D eigenvalue weighted by Gasteiger charge is 2.50. The highest BCUT2D eigenvalue weighted by Crippen LogP contribution is 2.42. The fourth-order valence-electron chi connectivity index (χ4n) is 5.90. The molecule has 2 amide bonds. The summed E-state index contributed by atoms with van der Waals surface area (Å²) in [5.74, 6) is -3.47. The highest BCUT2D eigenvalue weighted by atomic mass is 16.6. The van der Waals surface area contributed by atoms with Crippen LogP contribution in [-0.2, 0) is 47.4 Å². The molecule has 45 heavy (non-hydrogen) atoms. The van der Waals surface area contributed by atoms with E-state index >= 15 is 0 Å². The summed E-state index contributed by atoms with van der Waals surface area (Å²) in [4.78, 5) is 80.4. The van der Waals surface area contributed by atoms with Crippen LogP contribution in [0.3, 0.4) is 0 Å². The van der Waals surface area contributed by atoms with Gasteiger partial charge in [0.25, 0.3) is 11.5 Å². The number of amides is 2. The standard InChI is InChI=1S/C31H30N4O10/c1-4-31(45-24(39)11-32-22(36)7-8-23(37)38)18-10-20-26-15(12-35(20)29(41)17(18)13-43-30(31)42)9-16-19(33-26)5-6-21-25(16)27(40)34-28(44-21)14(2)3/h5-6,9-10,14,28H,4,7-8,11-13H2,1-3H3,(H,32,36)(H,34,40)(H,37,38)/t28?,31-/m0/s1. The molecule has 2 atom stereocenters. The number of carboxylic acid groups (broad SMARTS) is 1. The Labute approximate surface area is 255 Å². The van der Waals surface area contributed by atoms with Gasteiger partial charge in [-0.05, 0) is 30.7 Å². The van der Waals surface area contributed by atoms with Gasteiger partial charge >= 0.3 is 17.9 Å². The van der Waals surface area contributed by atoms with Gasteiger partial charge in [-0.2, -0.15) is 0 Å². The summed E-state index contributed by atoms with van der Waals surface area (Å²) in [5, 5.41) is 14.5. The lowest BCUT2D eigenvalue weighted by atomic mass is 9.85. The molecular formula is C31H30N4O10. The van der Waals surface area contributed by atoms with E-state index in [9.17, 15) is 28.8 Å². The van der Waals surface area contributed by atoms with E-state index in [1.807, 2.05) is 19.9 Å². The quantitative estimate of drug-likeness (QED) is 0.244. The third-order valence-electron chi connectivity index (χ3n) is 8.26. The van der Waals surface area contributed by atoms with Crippen LogP contribution in [-0.4, -0.2) is 57.2 Å². The molecule has 1 aromatic carbocycles. The van der Waals surface area contributed by atoms with Crippen molar-refractivity contribution in [3.8, 4) is 17.1 Å². The monoisotopic (exact) mass is 618 g/mol. The van der Waals surface area contributed by atoms with Gasteiger partial charge < -0.3 is 34.5 Å². The summed E-state index contributed by atoms with van der Waals surface area (Å²) in [6.07, 6.45) is -1.29. The molecule has 0 saturated carbocycles. The van der Waals surface area contributed by atoms with Gasteiger partial charge in [0.2, 0.25) is 11.5 Å². The molecule has 3 N–H and O–H groups in total. The molecule has 3 aliphatic rings. The van der Waals surface area contributed by atoms with Crippen LogP contribution in [0.15, 0.2) is 29.1 Å². The molecule has 0 aliphatic carbocycles. The summed E-state index contributed by atoms with van der Waals surface area (Å²) in [6.45, 7) is 4.68. The number of benzene rings is 1. The third kappa shape index (κ3) is 4.95. The largest absolute Gasteiger partial charge is 0.481 e. The van der Waals surface area contributed by atoms with Crippen molar-refractivity contribution < 1.29 is 43.3 Å². The third-order valence-corrected chi connectivity index (χ3v) is 8.26. The molecule has 0 bridgehead atoms. The summed E-state index contributed by atoms with van der Waals surface area (Å²) < 4.78 is 18.5. The fraction of sp³-hybridized carbons (Fsp3) is 0.387. The minimum atomic E-state index is -1.97. The number of aliphatic carboxylic acids is 1. The SMILES string of the molecule is CC[C@@]1(OC(=O)CNC(=O)CCC(=O)O)C(=O)OCc2c1cc1n(c2=O)Cc2cc3c4c(ccc3nc2-1)OC(C(C)C)NC4=O. The zero-order chi connectivity index (χ0) is 32.2. The van der Waals surface area contributed by atoms with Crippen molar-refractivity contribution in [1.29, 1.82) is 0 Å². The predicted molar refractivity (Wildman–Crippen MR) is 155 cm³/mol. The van der Waals surface area contributed by atoms with Gasteiger partial charge in [-0.25, -0.2) is 9.78 Å². The Morgan fingerprint density at radius 1 is 1.20 bits per heavy atom. The summed E-state index contributed by atoms with van der Waals surface area (Å²) in [6, 6.07) is 6.84. The molecule has 1 unspecified atom stereocenters. The second-order valence-corrected chi connectivity index (χ2v) is 11.5. The van der Waals surface area contributed by atoms with E-state index in [2.05, 4.69) is 10.6 Å². The minimum Gasteiger partial charge on any atom is -0.481 e. The predicted octanol–water partition coefficient (Wildman–Crippen LogP) is 1.72. The molecule has 5 heterocycles. The normalized spacial score (nSPS) is 19.4. The average Bonchev–Trinajstić information content (AvgIpc) is 3.36.